The van der Waals surface area contributed by atoms with E-state index in [9.17, 15) is 0 Å². The van der Waals surface area contributed by atoms with E-state index in [2.05, 4.69) is 33.2 Å². The molecule has 0 aliphatic rings. The Bertz CT molecular complexity index is 714. The molecular weight excluding hydrogens is 256 g/mol. The number of hydrogen-bond donors (Lipinski definition) is 1. The number of anilines is 1. The van der Waals surface area contributed by atoms with Crippen LogP contribution in [0.3, 0.4) is 0 Å². The fraction of sp³-hybridized carbons (Fsp3) is 0.0714. The zero-order valence-electron chi connectivity index (χ0n) is 10.2. The van der Waals surface area contributed by atoms with E-state index in [-0.39, 0.29) is 0 Å². The van der Waals surface area contributed by atoms with E-state index < -0.39 is 0 Å². The molecule has 0 saturated heterocycles. The molecule has 0 unspecified atom stereocenters. The third kappa shape index (κ3) is 2.66. The molecule has 19 heavy (non-hydrogen) atoms. The SMILES string of the molecule is Nc1nccnc1SCc1ccc2ncccc2c1. The van der Waals surface area contributed by atoms with Crippen molar-refractivity contribution in [2.24, 2.45) is 0 Å². The van der Waals surface area contributed by atoms with Crippen molar-refractivity contribution in [1.29, 1.82) is 0 Å². The molecule has 2 aromatic heterocycles. The van der Waals surface area contributed by atoms with Gasteiger partial charge < -0.3 is 5.73 Å². The van der Waals surface area contributed by atoms with Crippen LogP contribution >= 0.6 is 11.8 Å². The predicted molar refractivity (Wildman–Crippen MR) is 77.7 cm³/mol. The first kappa shape index (κ1) is 11.9. The monoisotopic (exact) mass is 268 g/mol. The highest BCUT2D eigenvalue weighted by molar-refractivity contribution is 7.98. The summed E-state index contributed by atoms with van der Waals surface area (Å²) in [7, 11) is 0. The van der Waals surface area contributed by atoms with Gasteiger partial charge in [0.05, 0.1) is 5.52 Å². The smallest absolute Gasteiger partial charge is 0.156 e. The van der Waals surface area contributed by atoms with Crippen LogP contribution in [0, 0.1) is 0 Å². The molecule has 4 nitrogen and oxygen atoms in total. The molecule has 3 aromatic rings. The average Bonchev–Trinajstić information content (AvgIpc) is 2.46. The highest BCUT2D eigenvalue weighted by Gasteiger charge is 2.03. The molecule has 0 radical (unpaired) electrons. The summed E-state index contributed by atoms with van der Waals surface area (Å²) >= 11 is 1.59. The number of nitrogens with zero attached hydrogens (tertiary/aromatic N) is 3. The summed E-state index contributed by atoms with van der Waals surface area (Å²) < 4.78 is 0. The number of nitrogens with two attached hydrogens (primary N) is 1. The molecule has 0 saturated carbocycles. The summed E-state index contributed by atoms with van der Waals surface area (Å²) in [6.45, 7) is 0. The fourth-order valence-corrected chi connectivity index (χ4v) is 2.63. The number of fused-ring (bicyclic) bond motifs is 1. The Hall–Kier alpha value is -2.14. The summed E-state index contributed by atoms with van der Waals surface area (Å²) in [4.78, 5) is 12.6. The topological polar surface area (TPSA) is 64.7 Å². The van der Waals surface area contributed by atoms with Gasteiger partial charge in [-0.05, 0) is 23.8 Å². The molecule has 0 atom stereocenters. The molecule has 0 amide bonds. The van der Waals surface area contributed by atoms with Crippen molar-refractivity contribution in [3.05, 3.63) is 54.5 Å². The third-order valence-corrected chi connectivity index (χ3v) is 3.80. The second-order valence-corrected chi connectivity index (χ2v) is 5.03. The molecule has 0 aliphatic heterocycles. The Morgan fingerprint density at radius 2 is 1.89 bits per heavy atom. The van der Waals surface area contributed by atoms with Crippen LogP contribution in [0.15, 0.2) is 53.9 Å². The van der Waals surface area contributed by atoms with E-state index in [4.69, 9.17) is 5.73 Å². The van der Waals surface area contributed by atoms with Crippen molar-refractivity contribution >= 4 is 28.5 Å². The maximum absolute atomic E-state index is 5.77. The highest BCUT2D eigenvalue weighted by atomic mass is 32.2. The fourth-order valence-electron chi connectivity index (χ4n) is 1.81. The number of nitrogen functional groups attached to an aromatic ring is 1. The van der Waals surface area contributed by atoms with Gasteiger partial charge in [0.1, 0.15) is 5.03 Å². The quantitative estimate of drug-likeness (QED) is 0.740. The first-order chi connectivity index (χ1) is 9.33. The lowest BCUT2D eigenvalue weighted by atomic mass is 10.1. The van der Waals surface area contributed by atoms with E-state index in [1.165, 1.54) is 5.56 Å². The Morgan fingerprint density at radius 3 is 2.79 bits per heavy atom. The van der Waals surface area contributed by atoms with Gasteiger partial charge in [-0.25, -0.2) is 9.97 Å². The van der Waals surface area contributed by atoms with Gasteiger partial charge >= 0.3 is 0 Å². The lowest BCUT2D eigenvalue weighted by molar-refractivity contribution is 1.07. The molecular formula is C14H12N4S. The predicted octanol–water partition coefficient (Wildman–Crippen LogP) is 2.90. The second-order valence-electron chi connectivity index (χ2n) is 4.07. The van der Waals surface area contributed by atoms with Crippen molar-refractivity contribution in [2.45, 2.75) is 10.8 Å². The van der Waals surface area contributed by atoms with Gasteiger partial charge in [0, 0.05) is 29.7 Å². The molecule has 2 N–H and O–H groups in total. The van der Waals surface area contributed by atoms with Crippen molar-refractivity contribution < 1.29 is 0 Å². The van der Waals surface area contributed by atoms with Crippen molar-refractivity contribution in [2.75, 3.05) is 5.73 Å². The molecule has 0 bridgehead atoms. The van der Waals surface area contributed by atoms with Crippen molar-refractivity contribution in [3.8, 4) is 0 Å². The summed E-state index contributed by atoms with van der Waals surface area (Å²) in [6.07, 6.45) is 5.06. The van der Waals surface area contributed by atoms with Gasteiger partial charge in [-0.1, -0.05) is 23.9 Å². The molecule has 5 heteroatoms. The maximum Gasteiger partial charge on any atom is 0.156 e. The Morgan fingerprint density at radius 1 is 1.00 bits per heavy atom. The van der Waals surface area contributed by atoms with Crippen LogP contribution in [0.2, 0.25) is 0 Å². The standard InChI is InChI=1S/C14H12N4S/c15-13-14(18-7-6-17-13)19-9-10-3-4-12-11(8-10)2-1-5-16-12/h1-8H,9H2,(H2,15,17). The lowest BCUT2D eigenvalue weighted by Gasteiger charge is -2.04. The van der Waals surface area contributed by atoms with E-state index in [1.54, 1.807) is 30.4 Å². The van der Waals surface area contributed by atoms with E-state index in [0.29, 0.717) is 5.82 Å². The van der Waals surface area contributed by atoms with Gasteiger partial charge in [0.25, 0.3) is 0 Å². The number of benzene rings is 1. The number of rotatable bonds is 3. The van der Waals surface area contributed by atoms with Crippen molar-refractivity contribution in [1.82, 2.24) is 15.0 Å². The van der Waals surface area contributed by atoms with E-state index in [1.807, 2.05) is 12.1 Å². The lowest BCUT2D eigenvalue weighted by Crippen LogP contribution is -1.95. The van der Waals surface area contributed by atoms with Crippen LogP contribution in [-0.2, 0) is 5.75 Å². The molecule has 2 heterocycles. The molecule has 0 fully saturated rings. The number of hydrogen-bond acceptors (Lipinski definition) is 5. The van der Waals surface area contributed by atoms with Crippen LogP contribution < -0.4 is 5.73 Å². The third-order valence-electron chi connectivity index (χ3n) is 2.73. The summed E-state index contributed by atoms with van der Waals surface area (Å²) in [6, 6.07) is 10.3. The average molecular weight is 268 g/mol. The van der Waals surface area contributed by atoms with Crippen LogP contribution in [0.25, 0.3) is 10.9 Å². The second kappa shape index (κ2) is 5.24. The van der Waals surface area contributed by atoms with E-state index >= 15 is 0 Å². The summed E-state index contributed by atoms with van der Waals surface area (Å²) in [5.41, 5.74) is 8.00. The van der Waals surface area contributed by atoms with Gasteiger partial charge in [-0.15, -0.1) is 0 Å². The molecule has 0 spiro atoms. The van der Waals surface area contributed by atoms with Gasteiger partial charge in [0.2, 0.25) is 0 Å². The Kier molecular flexibility index (Phi) is 3.29. The van der Waals surface area contributed by atoms with Crippen LogP contribution in [0.1, 0.15) is 5.56 Å². The molecule has 3 rings (SSSR count). The van der Waals surface area contributed by atoms with Crippen molar-refractivity contribution in [3.63, 3.8) is 0 Å². The minimum absolute atomic E-state index is 0.481. The maximum atomic E-state index is 5.77. The first-order valence-corrected chi connectivity index (χ1v) is 6.84. The number of pyridine rings is 1. The summed E-state index contributed by atoms with van der Waals surface area (Å²) in [5.74, 6) is 1.29. The van der Waals surface area contributed by atoms with Gasteiger partial charge in [-0.2, -0.15) is 0 Å². The zero-order valence-corrected chi connectivity index (χ0v) is 11.0. The van der Waals surface area contributed by atoms with Gasteiger partial charge in [0.15, 0.2) is 5.82 Å². The Labute approximate surface area is 115 Å². The largest absolute Gasteiger partial charge is 0.381 e. The first-order valence-electron chi connectivity index (χ1n) is 5.86. The normalized spacial score (nSPS) is 10.7. The summed E-state index contributed by atoms with van der Waals surface area (Å²) in [5, 5.41) is 1.92. The van der Waals surface area contributed by atoms with E-state index in [0.717, 1.165) is 21.7 Å². The minimum Gasteiger partial charge on any atom is -0.381 e. The minimum atomic E-state index is 0.481. The van der Waals surface area contributed by atoms with Crippen LogP contribution in [0.5, 0.6) is 0 Å². The molecule has 1 aromatic carbocycles. The molecule has 0 aliphatic carbocycles. The van der Waals surface area contributed by atoms with Crippen LogP contribution in [0.4, 0.5) is 5.82 Å². The Balaban J connectivity index is 1.80. The van der Waals surface area contributed by atoms with Gasteiger partial charge in [-0.3, -0.25) is 4.98 Å². The number of thioether (sulfide) groups is 1. The molecule has 94 valence electrons. The highest BCUT2D eigenvalue weighted by Crippen LogP contribution is 2.25. The number of aromatic nitrogens is 3. The zero-order chi connectivity index (χ0) is 13.1. The van der Waals surface area contributed by atoms with Crippen LogP contribution in [-0.4, -0.2) is 15.0 Å².